The number of hydrogen-bond acceptors (Lipinski definition) is 5. The number of rotatable bonds is 4. The Hall–Kier alpha value is -1.66. The normalized spacial score (nSPS) is 12.0. The summed E-state index contributed by atoms with van der Waals surface area (Å²) in [6.07, 6.45) is 0. The van der Waals surface area contributed by atoms with Gasteiger partial charge in [0.15, 0.2) is 0 Å². The first-order valence-electron chi connectivity index (χ1n) is 6.51. The largest absolute Gasteiger partial charge is 0.373 e. The van der Waals surface area contributed by atoms with Crippen LogP contribution in [0.3, 0.4) is 0 Å². The molecule has 1 unspecified atom stereocenters. The van der Waals surface area contributed by atoms with Crippen LogP contribution in [0.1, 0.15) is 38.9 Å². The standard InChI is InChI=1S/C14H17ClN4OS/c1-7-13(21-9(3)17-7)8(2)18-14(20)10-5-11(15)19-12(6-10)16-4/h5-6,8H,1-4H3,(H,16,19)(H,18,20). The molecule has 2 aromatic rings. The lowest BCUT2D eigenvalue weighted by atomic mass is 10.2. The molecule has 2 N–H and O–H groups in total. The van der Waals surface area contributed by atoms with E-state index in [0.717, 1.165) is 15.6 Å². The molecule has 5 nitrogen and oxygen atoms in total. The third-order valence-electron chi connectivity index (χ3n) is 2.99. The van der Waals surface area contributed by atoms with Crippen molar-refractivity contribution >= 4 is 34.7 Å². The molecule has 7 heteroatoms. The fourth-order valence-electron chi connectivity index (χ4n) is 2.05. The van der Waals surface area contributed by atoms with Crippen LogP contribution in [0.2, 0.25) is 5.15 Å². The molecule has 0 saturated carbocycles. The van der Waals surface area contributed by atoms with E-state index in [-0.39, 0.29) is 17.1 Å². The Morgan fingerprint density at radius 3 is 2.62 bits per heavy atom. The van der Waals surface area contributed by atoms with Crippen LogP contribution in [0, 0.1) is 13.8 Å². The van der Waals surface area contributed by atoms with Crippen LogP contribution in [-0.2, 0) is 0 Å². The van der Waals surface area contributed by atoms with Crippen molar-refractivity contribution < 1.29 is 4.79 Å². The molecule has 0 saturated heterocycles. The number of anilines is 1. The lowest BCUT2D eigenvalue weighted by molar-refractivity contribution is 0.0940. The van der Waals surface area contributed by atoms with Gasteiger partial charge in [-0.2, -0.15) is 0 Å². The number of aromatic nitrogens is 2. The maximum absolute atomic E-state index is 12.3. The van der Waals surface area contributed by atoms with Crippen molar-refractivity contribution in [3.8, 4) is 0 Å². The van der Waals surface area contributed by atoms with Gasteiger partial charge in [0.2, 0.25) is 0 Å². The minimum atomic E-state index is -0.186. The number of carbonyl (C=O) groups is 1. The highest BCUT2D eigenvalue weighted by atomic mass is 35.5. The molecular weight excluding hydrogens is 308 g/mol. The zero-order valence-corrected chi connectivity index (χ0v) is 13.9. The summed E-state index contributed by atoms with van der Waals surface area (Å²) in [5.41, 5.74) is 1.43. The molecule has 0 radical (unpaired) electrons. The summed E-state index contributed by atoms with van der Waals surface area (Å²) in [5, 5.41) is 7.11. The minimum Gasteiger partial charge on any atom is -0.373 e. The summed E-state index contributed by atoms with van der Waals surface area (Å²) < 4.78 is 0. The van der Waals surface area contributed by atoms with Gasteiger partial charge in [-0.05, 0) is 32.9 Å². The predicted octanol–water partition coefficient (Wildman–Crippen LogP) is 3.34. The zero-order chi connectivity index (χ0) is 15.6. The summed E-state index contributed by atoms with van der Waals surface area (Å²) in [6.45, 7) is 5.85. The molecule has 0 aromatic carbocycles. The van der Waals surface area contributed by atoms with E-state index in [4.69, 9.17) is 11.6 Å². The van der Waals surface area contributed by atoms with Gasteiger partial charge in [0.05, 0.1) is 16.7 Å². The second-order valence-electron chi connectivity index (χ2n) is 4.69. The number of thiazole rings is 1. The molecule has 2 rings (SSSR count). The van der Waals surface area contributed by atoms with Gasteiger partial charge in [-0.25, -0.2) is 9.97 Å². The Morgan fingerprint density at radius 2 is 2.05 bits per heavy atom. The van der Waals surface area contributed by atoms with Crippen molar-refractivity contribution in [1.82, 2.24) is 15.3 Å². The fourth-order valence-corrected chi connectivity index (χ4v) is 3.19. The van der Waals surface area contributed by atoms with Gasteiger partial charge in [0.25, 0.3) is 5.91 Å². The third-order valence-corrected chi connectivity index (χ3v) is 4.44. The summed E-state index contributed by atoms with van der Waals surface area (Å²) in [5.74, 6) is 0.374. The highest BCUT2D eigenvalue weighted by Gasteiger charge is 2.17. The first-order valence-corrected chi connectivity index (χ1v) is 7.70. The summed E-state index contributed by atoms with van der Waals surface area (Å²) in [7, 11) is 1.73. The Balaban J connectivity index is 2.18. The van der Waals surface area contributed by atoms with Crippen molar-refractivity contribution in [1.29, 1.82) is 0 Å². The van der Waals surface area contributed by atoms with E-state index in [2.05, 4.69) is 20.6 Å². The average Bonchev–Trinajstić information content (AvgIpc) is 2.76. The number of carbonyl (C=O) groups excluding carboxylic acids is 1. The second kappa shape index (κ2) is 6.41. The highest BCUT2D eigenvalue weighted by Crippen LogP contribution is 2.25. The van der Waals surface area contributed by atoms with Crippen molar-refractivity contribution in [2.45, 2.75) is 26.8 Å². The SMILES string of the molecule is CNc1cc(C(=O)NC(C)c2sc(C)nc2C)cc(Cl)n1. The Kier molecular flexibility index (Phi) is 4.80. The van der Waals surface area contributed by atoms with Gasteiger partial charge in [-0.1, -0.05) is 11.6 Å². The third kappa shape index (κ3) is 3.71. The van der Waals surface area contributed by atoms with Crippen LogP contribution in [-0.4, -0.2) is 22.9 Å². The molecule has 2 aromatic heterocycles. The van der Waals surface area contributed by atoms with Gasteiger partial charge in [-0.15, -0.1) is 11.3 Å². The van der Waals surface area contributed by atoms with Crippen molar-refractivity contribution in [3.63, 3.8) is 0 Å². The van der Waals surface area contributed by atoms with E-state index < -0.39 is 0 Å². The molecule has 0 fully saturated rings. The fraction of sp³-hybridized carbons (Fsp3) is 0.357. The molecule has 1 amide bonds. The zero-order valence-electron chi connectivity index (χ0n) is 12.3. The molecule has 0 aliphatic rings. The van der Waals surface area contributed by atoms with Crippen molar-refractivity contribution in [3.05, 3.63) is 38.4 Å². The lowest BCUT2D eigenvalue weighted by Gasteiger charge is -2.13. The molecule has 0 bridgehead atoms. The maximum atomic E-state index is 12.3. The second-order valence-corrected chi connectivity index (χ2v) is 6.31. The lowest BCUT2D eigenvalue weighted by Crippen LogP contribution is -2.26. The highest BCUT2D eigenvalue weighted by molar-refractivity contribution is 7.11. The molecule has 2 heterocycles. The van der Waals surface area contributed by atoms with Crippen LogP contribution >= 0.6 is 22.9 Å². The van der Waals surface area contributed by atoms with Crippen LogP contribution in [0.5, 0.6) is 0 Å². The monoisotopic (exact) mass is 324 g/mol. The number of nitrogens with zero attached hydrogens (tertiary/aromatic N) is 2. The van der Waals surface area contributed by atoms with Crippen LogP contribution < -0.4 is 10.6 Å². The first kappa shape index (κ1) is 15.7. The number of halogens is 1. The predicted molar refractivity (Wildman–Crippen MR) is 86.3 cm³/mol. The van der Waals surface area contributed by atoms with Crippen LogP contribution in [0.4, 0.5) is 5.82 Å². The van der Waals surface area contributed by atoms with E-state index >= 15 is 0 Å². The first-order chi connectivity index (χ1) is 9.90. The smallest absolute Gasteiger partial charge is 0.252 e. The minimum absolute atomic E-state index is 0.103. The number of pyridine rings is 1. The maximum Gasteiger partial charge on any atom is 0.252 e. The number of hydrogen-bond donors (Lipinski definition) is 2. The average molecular weight is 325 g/mol. The van der Waals surface area contributed by atoms with E-state index in [1.165, 1.54) is 0 Å². The summed E-state index contributed by atoms with van der Waals surface area (Å²) >= 11 is 7.51. The van der Waals surface area contributed by atoms with E-state index in [1.54, 1.807) is 30.5 Å². The Labute approximate surface area is 132 Å². The summed E-state index contributed by atoms with van der Waals surface area (Å²) in [6, 6.07) is 3.11. The van der Waals surface area contributed by atoms with Gasteiger partial charge in [0, 0.05) is 17.5 Å². The van der Waals surface area contributed by atoms with E-state index in [1.807, 2.05) is 20.8 Å². The van der Waals surface area contributed by atoms with Crippen LogP contribution in [0.15, 0.2) is 12.1 Å². The van der Waals surface area contributed by atoms with Gasteiger partial charge >= 0.3 is 0 Å². The number of nitrogens with one attached hydrogen (secondary N) is 2. The van der Waals surface area contributed by atoms with E-state index in [9.17, 15) is 4.79 Å². The quantitative estimate of drug-likeness (QED) is 0.846. The molecular formula is C14H17ClN4OS. The topological polar surface area (TPSA) is 66.9 Å². The molecule has 0 spiro atoms. The van der Waals surface area contributed by atoms with E-state index in [0.29, 0.717) is 11.4 Å². The van der Waals surface area contributed by atoms with Crippen molar-refractivity contribution in [2.75, 3.05) is 12.4 Å². The molecule has 21 heavy (non-hydrogen) atoms. The van der Waals surface area contributed by atoms with Gasteiger partial charge in [0.1, 0.15) is 11.0 Å². The molecule has 112 valence electrons. The van der Waals surface area contributed by atoms with Crippen LogP contribution in [0.25, 0.3) is 0 Å². The van der Waals surface area contributed by atoms with Gasteiger partial charge in [-0.3, -0.25) is 4.79 Å². The van der Waals surface area contributed by atoms with Crippen molar-refractivity contribution in [2.24, 2.45) is 0 Å². The Morgan fingerprint density at radius 1 is 1.33 bits per heavy atom. The Bertz CT molecular complexity index is 671. The summed E-state index contributed by atoms with van der Waals surface area (Å²) in [4.78, 5) is 21.8. The molecule has 0 aliphatic heterocycles. The molecule has 0 aliphatic carbocycles. The van der Waals surface area contributed by atoms with Gasteiger partial charge < -0.3 is 10.6 Å². The molecule has 1 atom stereocenters. The number of amides is 1. The number of aryl methyl sites for hydroxylation is 2.